The summed E-state index contributed by atoms with van der Waals surface area (Å²) in [6, 6.07) is 12.0. The molecule has 0 saturated carbocycles. The van der Waals surface area contributed by atoms with E-state index in [2.05, 4.69) is 0 Å². The first-order valence-electron chi connectivity index (χ1n) is 9.02. The molecule has 7 nitrogen and oxygen atoms in total. The van der Waals surface area contributed by atoms with Crippen LogP contribution < -0.4 is 0 Å². The largest absolute Gasteiger partial charge is 0.483 e. The van der Waals surface area contributed by atoms with Gasteiger partial charge in [-0.1, -0.05) is 35.9 Å². The molecule has 1 aliphatic rings. The van der Waals surface area contributed by atoms with Crippen molar-refractivity contribution in [2.75, 3.05) is 13.1 Å². The fraction of sp³-hybridized carbons (Fsp3) is 0.286. The molecule has 1 heterocycles. The Kier molecular flexibility index (Phi) is 7.91. The number of rotatable bonds is 4. The minimum Gasteiger partial charge on any atom is -0.483 e. The Morgan fingerprint density at radius 3 is 2.37 bits per heavy atom. The van der Waals surface area contributed by atoms with E-state index in [9.17, 15) is 24.2 Å². The number of carbonyl (C=O) groups is 3. The molecule has 3 rings (SSSR count). The van der Waals surface area contributed by atoms with Crippen molar-refractivity contribution >= 4 is 29.9 Å². The van der Waals surface area contributed by atoms with Crippen molar-refractivity contribution in [3.05, 3.63) is 70.5 Å². The van der Waals surface area contributed by atoms with E-state index in [0.29, 0.717) is 5.56 Å². The smallest absolute Gasteiger partial charge is 0.314 e. The fourth-order valence-electron chi connectivity index (χ4n) is 3.48. The molecule has 2 aromatic rings. The van der Waals surface area contributed by atoms with Crippen LogP contribution in [0.25, 0.3) is 0 Å². The van der Waals surface area contributed by atoms with Gasteiger partial charge in [0.1, 0.15) is 11.2 Å². The molecule has 1 fully saturated rings. The minimum absolute atomic E-state index is 0.0178. The van der Waals surface area contributed by atoms with Gasteiger partial charge < -0.3 is 20.2 Å². The van der Waals surface area contributed by atoms with Crippen LogP contribution in [0.5, 0.6) is 0 Å². The summed E-state index contributed by atoms with van der Waals surface area (Å²) in [5.41, 5.74) is -0.714. The topological polar surface area (TPSA) is 115 Å². The quantitative estimate of drug-likeness (QED) is 0.633. The highest BCUT2D eigenvalue weighted by Gasteiger charge is 2.50. The number of benzene rings is 2. The van der Waals surface area contributed by atoms with Gasteiger partial charge in [0.05, 0.1) is 16.7 Å². The molecule has 30 heavy (non-hydrogen) atoms. The third kappa shape index (κ3) is 5.14. The summed E-state index contributed by atoms with van der Waals surface area (Å²) < 4.78 is 13.2. The third-order valence-corrected chi connectivity index (χ3v) is 5.36. The summed E-state index contributed by atoms with van der Waals surface area (Å²) in [5, 5.41) is 27.6. The SMILES string of the molecule is O=C(c1ccccc1Cl)N1CC[C@@H](O)[C@](Cc2ccc(F)cc2)(C(=O)O)C1.O=CO. The first-order valence-corrected chi connectivity index (χ1v) is 9.40. The molecule has 0 bridgehead atoms. The minimum atomic E-state index is -1.58. The van der Waals surface area contributed by atoms with E-state index >= 15 is 0 Å². The molecule has 0 aromatic heterocycles. The van der Waals surface area contributed by atoms with E-state index in [0.717, 1.165) is 0 Å². The van der Waals surface area contributed by atoms with Gasteiger partial charge in [-0.25, -0.2) is 4.39 Å². The number of nitrogens with zero attached hydrogens (tertiary/aromatic N) is 1. The Morgan fingerprint density at radius 2 is 1.80 bits per heavy atom. The summed E-state index contributed by atoms with van der Waals surface area (Å²) >= 11 is 6.10. The maximum atomic E-state index is 13.2. The van der Waals surface area contributed by atoms with Gasteiger partial charge in [-0.15, -0.1) is 0 Å². The lowest BCUT2D eigenvalue weighted by Crippen LogP contribution is -2.58. The van der Waals surface area contributed by atoms with Crippen LogP contribution in [0.3, 0.4) is 0 Å². The lowest BCUT2D eigenvalue weighted by molar-refractivity contribution is -0.161. The Balaban J connectivity index is 0.00000101. The number of amides is 1. The number of hydrogen-bond acceptors (Lipinski definition) is 4. The maximum Gasteiger partial charge on any atom is 0.314 e. The zero-order chi connectivity index (χ0) is 22.3. The van der Waals surface area contributed by atoms with Gasteiger partial charge >= 0.3 is 5.97 Å². The summed E-state index contributed by atoms with van der Waals surface area (Å²) in [5.74, 6) is -2.00. The molecule has 160 valence electrons. The van der Waals surface area contributed by atoms with Crippen molar-refractivity contribution in [2.45, 2.75) is 18.9 Å². The van der Waals surface area contributed by atoms with Crippen molar-refractivity contribution < 1.29 is 34.1 Å². The summed E-state index contributed by atoms with van der Waals surface area (Å²) in [7, 11) is 0. The molecular formula is C21H21ClFNO6. The lowest BCUT2D eigenvalue weighted by atomic mass is 9.72. The average molecular weight is 438 g/mol. The summed E-state index contributed by atoms with van der Waals surface area (Å²) in [6.07, 6.45) is -1.02. The first kappa shape index (κ1) is 23.3. The van der Waals surface area contributed by atoms with E-state index in [1.54, 1.807) is 24.3 Å². The normalized spacial score (nSPS) is 20.6. The zero-order valence-electron chi connectivity index (χ0n) is 15.9. The molecule has 2 atom stereocenters. The predicted molar refractivity (Wildman–Crippen MR) is 107 cm³/mol. The molecule has 0 aliphatic carbocycles. The second-order valence-corrected chi connectivity index (χ2v) is 7.29. The van der Waals surface area contributed by atoms with Crippen molar-refractivity contribution in [3.63, 3.8) is 0 Å². The third-order valence-electron chi connectivity index (χ3n) is 5.03. The van der Waals surface area contributed by atoms with Gasteiger partial charge in [0, 0.05) is 13.1 Å². The van der Waals surface area contributed by atoms with Crippen molar-refractivity contribution in [1.82, 2.24) is 4.90 Å². The van der Waals surface area contributed by atoms with Gasteiger partial charge in [0.2, 0.25) is 0 Å². The van der Waals surface area contributed by atoms with E-state index in [-0.39, 0.29) is 48.9 Å². The van der Waals surface area contributed by atoms with Gasteiger partial charge in [0.25, 0.3) is 12.4 Å². The van der Waals surface area contributed by atoms with E-state index in [1.807, 2.05) is 0 Å². The van der Waals surface area contributed by atoms with E-state index in [4.69, 9.17) is 21.5 Å². The number of aliphatic hydroxyl groups excluding tert-OH is 1. The van der Waals surface area contributed by atoms with Gasteiger partial charge in [-0.05, 0) is 42.7 Å². The van der Waals surface area contributed by atoms with Crippen molar-refractivity contribution in [2.24, 2.45) is 5.41 Å². The molecule has 9 heteroatoms. The standard InChI is InChI=1S/C20H19ClFNO4.CH2O2/c21-16-4-2-1-3-15(16)18(25)23-10-9-17(24)20(12-23,19(26)27)11-13-5-7-14(22)8-6-13;2-1-3/h1-8,17,24H,9-12H2,(H,26,27);1H,(H,2,3)/t17-,20-;/m1./s1. The number of carboxylic acid groups (broad SMARTS) is 2. The summed E-state index contributed by atoms with van der Waals surface area (Å²) in [4.78, 5) is 34.8. The lowest BCUT2D eigenvalue weighted by Gasteiger charge is -2.43. The molecule has 1 saturated heterocycles. The van der Waals surface area contributed by atoms with E-state index < -0.39 is 23.3 Å². The highest BCUT2D eigenvalue weighted by atomic mass is 35.5. The zero-order valence-corrected chi connectivity index (χ0v) is 16.6. The number of aliphatic hydroxyl groups is 1. The Hall–Kier alpha value is -2.97. The van der Waals surface area contributed by atoms with Crippen LogP contribution in [-0.4, -0.2) is 57.8 Å². The number of aliphatic carboxylic acids is 1. The highest BCUT2D eigenvalue weighted by Crippen LogP contribution is 2.36. The maximum absolute atomic E-state index is 13.2. The fourth-order valence-corrected chi connectivity index (χ4v) is 3.70. The predicted octanol–water partition coefficient (Wildman–Crippen LogP) is 2.70. The van der Waals surface area contributed by atoms with Gasteiger partial charge in [-0.3, -0.25) is 14.4 Å². The van der Waals surface area contributed by atoms with Crippen LogP contribution in [-0.2, 0) is 16.0 Å². The molecule has 0 spiro atoms. The number of piperidine rings is 1. The monoisotopic (exact) mass is 437 g/mol. The van der Waals surface area contributed by atoms with Crippen LogP contribution in [0.15, 0.2) is 48.5 Å². The Bertz CT molecular complexity index is 907. The van der Waals surface area contributed by atoms with Gasteiger partial charge in [0.15, 0.2) is 0 Å². The molecule has 3 N–H and O–H groups in total. The van der Waals surface area contributed by atoms with Crippen LogP contribution >= 0.6 is 11.6 Å². The van der Waals surface area contributed by atoms with Crippen molar-refractivity contribution in [1.29, 1.82) is 0 Å². The van der Waals surface area contributed by atoms with Crippen LogP contribution in [0.1, 0.15) is 22.3 Å². The second kappa shape index (κ2) is 10.2. The van der Waals surface area contributed by atoms with Gasteiger partial charge in [-0.2, -0.15) is 0 Å². The van der Waals surface area contributed by atoms with Crippen LogP contribution in [0.2, 0.25) is 5.02 Å². The number of carboxylic acids is 1. The first-order chi connectivity index (χ1) is 14.2. The number of carbonyl (C=O) groups excluding carboxylic acids is 1. The van der Waals surface area contributed by atoms with E-state index in [1.165, 1.54) is 29.2 Å². The van der Waals surface area contributed by atoms with Crippen LogP contribution in [0.4, 0.5) is 4.39 Å². The molecular weight excluding hydrogens is 417 g/mol. The number of halogens is 2. The molecule has 1 aliphatic heterocycles. The number of likely N-dealkylation sites (tertiary alicyclic amines) is 1. The molecule has 0 unspecified atom stereocenters. The van der Waals surface area contributed by atoms with Crippen LogP contribution in [0, 0.1) is 11.2 Å². The average Bonchev–Trinajstić information content (AvgIpc) is 2.71. The number of hydrogen-bond donors (Lipinski definition) is 3. The molecule has 0 radical (unpaired) electrons. The molecule has 2 aromatic carbocycles. The highest BCUT2D eigenvalue weighted by molar-refractivity contribution is 6.33. The Morgan fingerprint density at radius 1 is 1.20 bits per heavy atom. The van der Waals surface area contributed by atoms with Crippen molar-refractivity contribution in [3.8, 4) is 0 Å². The Labute approximate surface area is 177 Å². The molecule has 1 amide bonds. The second-order valence-electron chi connectivity index (χ2n) is 6.88. The summed E-state index contributed by atoms with van der Waals surface area (Å²) in [6.45, 7) is -0.186.